The van der Waals surface area contributed by atoms with Crippen LogP contribution in [0.15, 0.2) is 0 Å². The predicted molar refractivity (Wildman–Crippen MR) is 66.8 cm³/mol. The van der Waals surface area contributed by atoms with E-state index in [2.05, 4.69) is 24.5 Å². The molecule has 0 aliphatic heterocycles. The lowest BCUT2D eigenvalue weighted by molar-refractivity contribution is -0.137. The van der Waals surface area contributed by atoms with Gasteiger partial charge in [-0.05, 0) is 24.8 Å². The van der Waals surface area contributed by atoms with Crippen LogP contribution < -0.4 is 10.6 Å². The summed E-state index contributed by atoms with van der Waals surface area (Å²) in [5.74, 6) is -0.759. The zero-order valence-corrected chi connectivity index (χ0v) is 11.0. The lowest BCUT2D eigenvalue weighted by Gasteiger charge is -2.23. The van der Waals surface area contributed by atoms with E-state index in [0.717, 1.165) is 19.5 Å². The Morgan fingerprint density at radius 1 is 1.12 bits per heavy atom. The van der Waals surface area contributed by atoms with Crippen LogP contribution in [0.5, 0.6) is 0 Å². The zero-order valence-electron chi connectivity index (χ0n) is 11.0. The minimum Gasteiger partial charge on any atom is -0.481 e. The fraction of sp³-hybridized carbons (Fsp3) is 0.833. The minimum absolute atomic E-state index is 0.0198. The highest BCUT2D eigenvalue weighted by atomic mass is 16.4. The molecule has 0 aliphatic carbocycles. The molecule has 0 aromatic rings. The van der Waals surface area contributed by atoms with Crippen molar-refractivity contribution in [3.63, 3.8) is 0 Å². The molecule has 0 saturated heterocycles. The topological polar surface area (TPSA) is 78.4 Å². The van der Waals surface area contributed by atoms with E-state index < -0.39 is 5.97 Å². The van der Waals surface area contributed by atoms with Gasteiger partial charge in [-0.1, -0.05) is 13.8 Å². The van der Waals surface area contributed by atoms with Gasteiger partial charge >= 0.3 is 5.97 Å². The second-order valence-corrected chi connectivity index (χ2v) is 5.04. The molecule has 3 N–H and O–H groups in total. The van der Waals surface area contributed by atoms with Gasteiger partial charge in [0.25, 0.3) is 0 Å². The van der Waals surface area contributed by atoms with Gasteiger partial charge in [0.1, 0.15) is 0 Å². The lowest BCUT2D eigenvalue weighted by atomic mass is 9.84. The first-order chi connectivity index (χ1) is 7.83. The van der Waals surface area contributed by atoms with E-state index in [1.807, 2.05) is 0 Å². The monoisotopic (exact) mass is 244 g/mol. The predicted octanol–water partition coefficient (Wildman–Crippen LogP) is 0.993. The number of hydrogen-bond donors (Lipinski definition) is 3. The molecule has 0 aromatic carbocycles. The van der Waals surface area contributed by atoms with E-state index in [4.69, 9.17) is 5.11 Å². The van der Waals surface area contributed by atoms with Crippen LogP contribution in [0.3, 0.4) is 0 Å². The Hall–Kier alpha value is -1.10. The molecule has 0 bridgehead atoms. The molecule has 0 aromatic heterocycles. The molecule has 0 aliphatic rings. The molecular weight excluding hydrogens is 220 g/mol. The van der Waals surface area contributed by atoms with Gasteiger partial charge in [0.2, 0.25) is 5.91 Å². The Bertz CT molecular complexity index is 252. The van der Waals surface area contributed by atoms with Crippen LogP contribution in [0.2, 0.25) is 0 Å². The first kappa shape index (κ1) is 15.9. The summed E-state index contributed by atoms with van der Waals surface area (Å²) in [5, 5.41) is 14.5. The van der Waals surface area contributed by atoms with E-state index in [9.17, 15) is 9.59 Å². The van der Waals surface area contributed by atoms with Crippen molar-refractivity contribution >= 4 is 11.9 Å². The fourth-order valence-electron chi connectivity index (χ4n) is 1.45. The number of carboxylic acids is 1. The number of amides is 1. The maximum Gasteiger partial charge on any atom is 0.303 e. The second kappa shape index (κ2) is 8.06. The smallest absolute Gasteiger partial charge is 0.303 e. The average molecular weight is 244 g/mol. The van der Waals surface area contributed by atoms with Gasteiger partial charge in [-0.15, -0.1) is 0 Å². The van der Waals surface area contributed by atoms with E-state index in [1.165, 1.54) is 6.92 Å². The fourth-order valence-corrected chi connectivity index (χ4v) is 1.45. The Kier molecular flexibility index (Phi) is 7.54. The standard InChI is InChI=1S/C12H24N2O3/c1-10(15)14-9-8-13-7-6-12(2,3)5-4-11(16)17/h13H,4-9H2,1-3H3,(H,14,15)(H,16,17). The summed E-state index contributed by atoms with van der Waals surface area (Å²) in [4.78, 5) is 21.1. The molecule has 0 spiro atoms. The quantitative estimate of drug-likeness (QED) is 0.529. The SMILES string of the molecule is CC(=O)NCCNCCC(C)(C)CCC(=O)O. The Balaban J connectivity index is 3.51. The summed E-state index contributed by atoms with van der Waals surface area (Å²) in [7, 11) is 0. The van der Waals surface area contributed by atoms with E-state index in [0.29, 0.717) is 13.0 Å². The zero-order chi connectivity index (χ0) is 13.3. The first-order valence-corrected chi connectivity index (χ1v) is 6.00. The van der Waals surface area contributed by atoms with Crippen LogP contribution >= 0.6 is 0 Å². The van der Waals surface area contributed by atoms with Gasteiger partial charge in [0.15, 0.2) is 0 Å². The van der Waals surface area contributed by atoms with Crippen molar-refractivity contribution in [2.45, 2.75) is 40.0 Å². The van der Waals surface area contributed by atoms with E-state index >= 15 is 0 Å². The molecule has 0 rings (SSSR count). The highest BCUT2D eigenvalue weighted by Crippen LogP contribution is 2.25. The number of nitrogens with one attached hydrogen (secondary N) is 2. The lowest BCUT2D eigenvalue weighted by Crippen LogP contribution is -2.32. The van der Waals surface area contributed by atoms with Crippen molar-refractivity contribution in [3.8, 4) is 0 Å². The molecular formula is C12H24N2O3. The van der Waals surface area contributed by atoms with Gasteiger partial charge in [-0.3, -0.25) is 9.59 Å². The molecule has 0 radical (unpaired) electrons. The van der Waals surface area contributed by atoms with Crippen LogP contribution in [0.25, 0.3) is 0 Å². The minimum atomic E-state index is -0.739. The van der Waals surface area contributed by atoms with Crippen molar-refractivity contribution in [1.29, 1.82) is 0 Å². The highest BCUT2D eigenvalue weighted by Gasteiger charge is 2.18. The third kappa shape index (κ3) is 11.2. The largest absolute Gasteiger partial charge is 0.481 e. The number of rotatable bonds is 9. The first-order valence-electron chi connectivity index (χ1n) is 6.00. The van der Waals surface area contributed by atoms with Gasteiger partial charge in [-0.25, -0.2) is 0 Å². The van der Waals surface area contributed by atoms with Crippen molar-refractivity contribution in [2.24, 2.45) is 5.41 Å². The maximum atomic E-state index is 10.6. The van der Waals surface area contributed by atoms with Crippen molar-refractivity contribution in [1.82, 2.24) is 10.6 Å². The average Bonchev–Trinajstić information content (AvgIpc) is 2.20. The third-order valence-electron chi connectivity index (χ3n) is 2.67. The summed E-state index contributed by atoms with van der Waals surface area (Å²) in [6.45, 7) is 7.86. The Morgan fingerprint density at radius 2 is 1.76 bits per heavy atom. The number of aliphatic carboxylic acids is 1. The molecule has 100 valence electrons. The molecule has 1 amide bonds. The van der Waals surface area contributed by atoms with Gasteiger partial charge in [-0.2, -0.15) is 0 Å². The summed E-state index contributed by atoms with van der Waals surface area (Å²) >= 11 is 0. The number of carboxylic acid groups (broad SMARTS) is 1. The molecule has 5 nitrogen and oxygen atoms in total. The molecule has 0 fully saturated rings. The molecule has 0 atom stereocenters. The molecule has 17 heavy (non-hydrogen) atoms. The van der Waals surface area contributed by atoms with Crippen molar-refractivity contribution < 1.29 is 14.7 Å². The van der Waals surface area contributed by atoms with Crippen LogP contribution in [0, 0.1) is 5.41 Å². The van der Waals surface area contributed by atoms with E-state index in [-0.39, 0.29) is 17.7 Å². The third-order valence-corrected chi connectivity index (χ3v) is 2.67. The van der Waals surface area contributed by atoms with Crippen molar-refractivity contribution in [2.75, 3.05) is 19.6 Å². The van der Waals surface area contributed by atoms with E-state index in [1.54, 1.807) is 0 Å². The molecule has 5 heteroatoms. The molecule has 0 unspecified atom stereocenters. The summed E-state index contributed by atoms with van der Waals surface area (Å²) in [6.07, 6.45) is 1.84. The van der Waals surface area contributed by atoms with Gasteiger partial charge in [0, 0.05) is 26.4 Å². The van der Waals surface area contributed by atoms with Crippen LogP contribution in [0.1, 0.15) is 40.0 Å². The van der Waals surface area contributed by atoms with Gasteiger partial charge < -0.3 is 15.7 Å². The van der Waals surface area contributed by atoms with Crippen LogP contribution in [-0.2, 0) is 9.59 Å². The summed E-state index contributed by atoms with van der Waals surface area (Å²) in [6, 6.07) is 0. The number of hydrogen-bond acceptors (Lipinski definition) is 3. The Labute approximate surface area is 103 Å². The Morgan fingerprint density at radius 3 is 2.29 bits per heavy atom. The number of carbonyl (C=O) groups excluding carboxylic acids is 1. The van der Waals surface area contributed by atoms with Crippen LogP contribution in [0.4, 0.5) is 0 Å². The van der Waals surface area contributed by atoms with Crippen molar-refractivity contribution in [3.05, 3.63) is 0 Å². The highest BCUT2D eigenvalue weighted by molar-refractivity contribution is 5.72. The summed E-state index contributed by atoms with van der Waals surface area (Å²) < 4.78 is 0. The normalized spacial score (nSPS) is 11.2. The molecule has 0 heterocycles. The van der Waals surface area contributed by atoms with Crippen LogP contribution in [-0.4, -0.2) is 36.6 Å². The second-order valence-electron chi connectivity index (χ2n) is 5.04. The molecule has 0 saturated carbocycles. The summed E-state index contributed by atoms with van der Waals surface area (Å²) in [5.41, 5.74) is 0.0411. The number of carbonyl (C=O) groups is 2. The maximum absolute atomic E-state index is 10.6. The van der Waals surface area contributed by atoms with Gasteiger partial charge in [0.05, 0.1) is 0 Å².